The minimum absolute atomic E-state index is 0.0584. The van der Waals surface area contributed by atoms with E-state index in [1.165, 1.54) is 12.3 Å². The summed E-state index contributed by atoms with van der Waals surface area (Å²) in [6, 6.07) is 1.49. The Hall–Kier alpha value is -1.58. The molecule has 1 rings (SSSR count). The molecular weight excluding hydrogens is 168 g/mol. The highest BCUT2D eigenvalue weighted by Crippen LogP contribution is 2.09. The minimum atomic E-state index is -1.04. The molecule has 0 amide bonds. The van der Waals surface area contributed by atoms with E-state index < -0.39 is 5.97 Å². The van der Waals surface area contributed by atoms with Gasteiger partial charge in [0.1, 0.15) is 11.4 Å². The Morgan fingerprint density at radius 3 is 2.46 bits per heavy atom. The summed E-state index contributed by atoms with van der Waals surface area (Å²) in [4.78, 5) is 14.2. The number of aryl methyl sites for hydroxylation is 1. The summed E-state index contributed by atoms with van der Waals surface area (Å²) in [6.07, 6.45) is 1.53. The number of nitrogens with two attached hydrogens (primary N) is 1. The van der Waals surface area contributed by atoms with Crippen molar-refractivity contribution < 1.29 is 9.90 Å². The Balaban J connectivity index is 0.000000671. The van der Waals surface area contributed by atoms with Gasteiger partial charge in [0, 0.05) is 6.20 Å². The van der Waals surface area contributed by atoms with Crippen LogP contribution < -0.4 is 5.73 Å². The van der Waals surface area contributed by atoms with Crippen molar-refractivity contribution in [1.29, 1.82) is 0 Å². The fraction of sp³-hybridized carbons (Fsp3) is 0.333. The molecule has 1 aromatic rings. The van der Waals surface area contributed by atoms with Crippen LogP contribution in [0.4, 0.5) is 5.82 Å². The molecule has 13 heavy (non-hydrogen) atoms. The van der Waals surface area contributed by atoms with Crippen LogP contribution in [-0.2, 0) is 0 Å². The van der Waals surface area contributed by atoms with Gasteiger partial charge in [-0.25, -0.2) is 9.78 Å². The van der Waals surface area contributed by atoms with Crippen molar-refractivity contribution in [2.75, 3.05) is 5.73 Å². The monoisotopic (exact) mass is 182 g/mol. The number of nitrogen functional groups attached to an aromatic ring is 1. The van der Waals surface area contributed by atoms with E-state index in [9.17, 15) is 4.79 Å². The van der Waals surface area contributed by atoms with E-state index in [0.717, 1.165) is 5.56 Å². The van der Waals surface area contributed by atoms with Gasteiger partial charge in [-0.3, -0.25) is 0 Å². The van der Waals surface area contributed by atoms with Crippen LogP contribution >= 0.6 is 0 Å². The van der Waals surface area contributed by atoms with Gasteiger partial charge >= 0.3 is 5.97 Å². The average Bonchev–Trinajstić information content (AvgIpc) is 2.12. The van der Waals surface area contributed by atoms with Gasteiger partial charge in [0.25, 0.3) is 0 Å². The summed E-state index contributed by atoms with van der Waals surface area (Å²) in [5.74, 6) is -0.984. The molecular formula is C9H14N2O2. The number of carboxylic acids is 1. The average molecular weight is 182 g/mol. The third-order valence-corrected chi connectivity index (χ3v) is 1.29. The second-order valence-electron chi connectivity index (χ2n) is 2.25. The predicted molar refractivity (Wildman–Crippen MR) is 51.7 cm³/mol. The summed E-state index contributed by atoms with van der Waals surface area (Å²) >= 11 is 0. The van der Waals surface area contributed by atoms with Crippen molar-refractivity contribution in [3.8, 4) is 0 Å². The maximum absolute atomic E-state index is 10.5. The van der Waals surface area contributed by atoms with Gasteiger partial charge in [0.05, 0.1) is 0 Å². The molecule has 72 valence electrons. The number of rotatable bonds is 1. The third kappa shape index (κ3) is 3.11. The van der Waals surface area contributed by atoms with Crippen LogP contribution in [0.5, 0.6) is 0 Å². The normalized spacial score (nSPS) is 8.54. The van der Waals surface area contributed by atoms with E-state index in [0.29, 0.717) is 0 Å². The van der Waals surface area contributed by atoms with Gasteiger partial charge in [-0.2, -0.15) is 0 Å². The zero-order valence-electron chi connectivity index (χ0n) is 8.03. The first kappa shape index (κ1) is 11.4. The first-order valence-corrected chi connectivity index (χ1v) is 4.06. The number of hydrogen-bond acceptors (Lipinski definition) is 3. The maximum atomic E-state index is 10.5. The second kappa shape index (κ2) is 5.13. The molecule has 0 fully saturated rings. The van der Waals surface area contributed by atoms with Gasteiger partial charge in [0.2, 0.25) is 0 Å². The Morgan fingerprint density at radius 2 is 2.08 bits per heavy atom. The number of hydrogen-bond donors (Lipinski definition) is 2. The first-order chi connectivity index (χ1) is 6.11. The number of nitrogens with zero attached hydrogens (tertiary/aromatic N) is 1. The summed E-state index contributed by atoms with van der Waals surface area (Å²) < 4.78 is 0. The number of aromatic carboxylic acids is 1. The lowest BCUT2D eigenvalue weighted by Crippen LogP contribution is -2.04. The van der Waals surface area contributed by atoms with Crippen molar-refractivity contribution in [3.63, 3.8) is 0 Å². The highest BCUT2D eigenvalue weighted by Gasteiger charge is 2.07. The SMILES string of the molecule is CC.Cc1cnc(N)c(C(=O)O)c1. The first-order valence-electron chi connectivity index (χ1n) is 4.06. The van der Waals surface area contributed by atoms with E-state index in [1.54, 1.807) is 6.92 Å². The molecule has 1 heterocycles. The Bertz CT molecular complexity index is 298. The van der Waals surface area contributed by atoms with E-state index in [4.69, 9.17) is 10.8 Å². The van der Waals surface area contributed by atoms with Crippen LogP contribution in [0, 0.1) is 6.92 Å². The standard InChI is InChI=1S/C7H8N2O2.C2H6/c1-4-2-5(7(10)11)6(8)9-3-4;1-2/h2-3H,1H3,(H2,8,9)(H,10,11);1-2H3. The molecule has 4 nitrogen and oxygen atoms in total. The molecule has 0 aliphatic rings. The maximum Gasteiger partial charge on any atom is 0.339 e. The zero-order valence-corrected chi connectivity index (χ0v) is 8.03. The molecule has 4 heteroatoms. The molecule has 0 saturated heterocycles. The molecule has 3 N–H and O–H groups in total. The third-order valence-electron chi connectivity index (χ3n) is 1.29. The van der Waals surface area contributed by atoms with Crippen molar-refractivity contribution in [3.05, 3.63) is 23.4 Å². The molecule has 0 aliphatic heterocycles. The van der Waals surface area contributed by atoms with Gasteiger partial charge in [-0.15, -0.1) is 0 Å². The quantitative estimate of drug-likeness (QED) is 0.693. The number of aromatic nitrogens is 1. The van der Waals surface area contributed by atoms with Crippen LogP contribution in [-0.4, -0.2) is 16.1 Å². The fourth-order valence-electron chi connectivity index (χ4n) is 0.751. The highest BCUT2D eigenvalue weighted by atomic mass is 16.4. The summed E-state index contributed by atoms with van der Waals surface area (Å²) in [7, 11) is 0. The van der Waals surface area contributed by atoms with Crippen molar-refractivity contribution >= 4 is 11.8 Å². The zero-order chi connectivity index (χ0) is 10.4. The molecule has 0 radical (unpaired) electrons. The molecule has 0 aromatic carbocycles. The van der Waals surface area contributed by atoms with E-state index in [2.05, 4.69) is 4.98 Å². The summed E-state index contributed by atoms with van der Waals surface area (Å²) in [5.41, 5.74) is 6.15. The largest absolute Gasteiger partial charge is 0.478 e. The molecule has 0 spiro atoms. The molecule has 0 saturated carbocycles. The van der Waals surface area contributed by atoms with Crippen LogP contribution in [0.2, 0.25) is 0 Å². The van der Waals surface area contributed by atoms with Crippen molar-refractivity contribution in [2.45, 2.75) is 20.8 Å². The topological polar surface area (TPSA) is 76.2 Å². The van der Waals surface area contributed by atoms with Crippen LogP contribution in [0.1, 0.15) is 29.8 Å². The Morgan fingerprint density at radius 1 is 1.54 bits per heavy atom. The van der Waals surface area contributed by atoms with Gasteiger partial charge < -0.3 is 10.8 Å². The van der Waals surface area contributed by atoms with Gasteiger partial charge in [0.15, 0.2) is 0 Å². The second-order valence-corrected chi connectivity index (χ2v) is 2.25. The lowest BCUT2D eigenvalue weighted by atomic mass is 10.2. The molecule has 0 aliphatic carbocycles. The van der Waals surface area contributed by atoms with E-state index >= 15 is 0 Å². The van der Waals surface area contributed by atoms with E-state index in [1.807, 2.05) is 13.8 Å². The number of pyridine rings is 1. The van der Waals surface area contributed by atoms with Gasteiger partial charge in [-0.05, 0) is 18.6 Å². The predicted octanol–water partition coefficient (Wildman–Crippen LogP) is 1.70. The summed E-state index contributed by atoms with van der Waals surface area (Å²) in [5, 5.41) is 8.57. The van der Waals surface area contributed by atoms with Crippen LogP contribution in [0.15, 0.2) is 12.3 Å². The van der Waals surface area contributed by atoms with Crippen molar-refractivity contribution in [1.82, 2.24) is 4.98 Å². The molecule has 1 aromatic heterocycles. The number of anilines is 1. The van der Waals surface area contributed by atoms with Gasteiger partial charge in [-0.1, -0.05) is 13.8 Å². The number of carbonyl (C=O) groups is 1. The molecule has 0 bridgehead atoms. The molecule has 0 unspecified atom stereocenters. The Kier molecular flexibility index (Phi) is 4.51. The number of carboxylic acid groups (broad SMARTS) is 1. The lowest BCUT2D eigenvalue weighted by molar-refractivity contribution is 0.0697. The lowest BCUT2D eigenvalue weighted by Gasteiger charge is -1.98. The van der Waals surface area contributed by atoms with E-state index in [-0.39, 0.29) is 11.4 Å². The fourth-order valence-corrected chi connectivity index (χ4v) is 0.751. The molecule has 0 atom stereocenters. The highest BCUT2D eigenvalue weighted by molar-refractivity contribution is 5.92. The van der Waals surface area contributed by atoms with Crippen LogP contribution in [0.3, 0.4) is 0 Å². The van der Waals surface area contributed by atoms with Crippen molar-refractivity contribution in [2.24, 2.45) is 0 Å². The van der Waals surface area contributed by atoms with Crippen LogP contribution in [0.25, 0.3) is 0 Å². The summed E-state index contributed by atoms with van der Waals surface area (Å²) in [6.45, 7) is 5.76. The smallest absolute Gasteiger partial charge is 0.339 e. The minimum Gasteiger partial charge on any atom is -0.478 e. The Labute approximate surface area is 77.4 Å².